The van der Waals surface area contributed by atoms with Gasteiger partial charge in [-0.3, -0.25) is 9.69 Å². The zero-order valence-electron chi connectivity index (χ0n) is 10.8. The lowest BCUT2D eigenvalue weighted by atomic mass is 10.1. The Morgan fingerprint density at radius 2 is 2.25 bits per heavy atom. The molecule has 1 aliphatic rings. The summed E-state index contributed by atoms with van der Waals surface area (Å²) in [5.41, 5.74) is 1.32. The van der Waals surface area contributed by atoms with Crippen molar-refractivity contribution in [2.75, 3.05) is 13.1 Å². The molecule has 3 nitrogen and oxygen atoms in total. The van der Waals surface area contributed by atoms with Crippen LogP contribution >= 0.6 is 11.3 Å². The highest BCUT2D eigenvalue weighted by molar-refractivity contribution is 7.10. The number of thiophene rings is 1. The van der Waals surface area contributed by atoms with Crippen LogP contribution in [0.5, 0.6) is 5.75 Å². The van der Waals surface area contributed by atoms with Crippen LogP contribution in [-0.4, -0.2) is 28.9 Å². The number of hydrogen-bond acceptors (Lipinski definition) is 4. The number of halogens is 1. The van der Waals surface area contributed by atoms with Crippen molar-refractivity contribution in [2.24, 2.45) is 0 Å². The molecule has 2 aromatic rings. The van der Waals surface area contributed by atoms with Crippen molar-refractivity contribution >= 4 is 17.1 Å². The molecule has 1 aromatic heterocycles. The second-order valence-corrected chi connectivity index (χ2v) is 5.91. The fourth-order valence-corrected chi connectivity index (χ4v) is 3.35. The van der Waals surface area contributed by atoms with Gasteiger partial charge in [-0.1, -0.05) is 0 Å². The summed E-state index contributed by atoms with van der Waals surface area (Å²) in [6.07, 6.45) is 0.940. The number of carbonyl (C=O) groups excluding carboxylic acids is 1. The molecule has 20 heavy (non-hydrogen) atoms. The molecular weight excluding hydrogens is 277 g/mol. The summed E-state index contributed by atoms with van der Waals surface area (Å²) >= 11 is 1.75. The number of phenols is 1. The molecule has 0 radical (unpaired) electrons. The van der Waals surface area contributed by atoms with E-state index in [-0.39, 0.29) is 23.6 Å². The van der Waals surface area contributed by atoms with E-state index >= 15 is 0 Å². The Morgan fingerprint density at radius 1 is 1.40 bits per heavy atom. The minimum absolute atomic E-state index is 0.0566. The Morgan fingerprint density at radius 3 is 3.10 bits per heavy atom. The Kier molecular flexibility index (Phi) is 3.54. The molecule has 0 atom stereocenters. The van der Waals surface area contributed by atoms with Gasteiger partial charge < -0.3 is 5.11 Å². The Hall–Kier alpha value is -1.72. The van der Waals surface area contributed by atoms with Crippen LogP contribution in [0.2, 0.25) is 0 Å². The fourth-order valence-electron chi connectivity index (χ4n) is 2.46. The molecule has 0 saturated carbocycles. The van der Waals surface area contributed by atoms with Crippen molar-refractivity contribution in [1.82, 2.24) is 4.90 Å². The first kappa shape index (κ1) is 13.3. The molecule has 1 aromatic carbocycles. The Labute approximate surface area is 120 Å². The van der Waals surface area contributed by atoms with E-state index in [1.54, 1.807) is 11.3 Å². The predicted octanol–water partition coefficient (Wildman–Crippen LogP) is 2.83. The molecule has 3 rings (SSSR count). The number of carbonyl (C=O) groups is 1. The monoisotopic (exact) mass is 291 g/mol. The van der Waals surface area contributed by atoms with Gasteiger partial charge in [0.2, 0.25) is 0 Å². The number of ketones is 1. The molecule has 0 bridgehead atoms. The van der Waals surface area contributed by atoms with Gasteiger partial charge in [-0.15, -0.1) is 11.3 Å². The van der Waals surface area contributed by atoms with Gasteiger partial charge in [0.15, 0.2) is 5.78 Å². The summed E-state index contributed by atoms with van der Waals surface area (Å²) in [6, 6.07) is 5.54. The van der Waals surface area contributed by atoms with Crippen LogP contribution < -0.4 is 0 Å². The molecule has 0 aliphatic carbocycles. The molecule has 5 heteroatoms. The van der Waals surface area contributed by atoms with Gasteiger partial charge in [-0.25, -0.2) is 4.39 Å². The normalized spacial score (nSPS) is 15.1. The van der Waals surface area contributed by atoms with Crippen LogP contribution in [0, 0.1) is 5.82 Å². The topological polar surface area (TPSA) is 40.5 Å². The Balaban J connectivity index is 1.72. The molecule has 1 aliphatic heterocycles. The molecule has 1 N–H and O–H groups in total. The van der Waals surface area contributed by atoms with Gasteiger partial charge in [0, 0.05) is 18.0 Å². The van der Waals surface area contributed by atoms with E-state index in [2.05, 4.69) is 11.4 Å². The van der Waals surface area contributed by atoms with Gasteiger partial charge >= 0.3 is 0 Å². The predicted molar refractivity (Wildman–Crippen MR) is 75.7 cm³/mol. The summed E-state index contributed by atoms with van der Waals surface area (Å²) in [4.78, 5) is 15.6. The van der Waals surface area contributed by atoms with Crippen molar-refractivity contribution < 1.29 is 14.3 Å². The van der Waals surface area contributed by atoms with Gasteiger partial charge in [-0.2, -0.15) is 0 Å². The third-order valence-corrected chi connectivity index (χ3v) is 4.54. The molecule has 0 saturated heterocycles. The number of hydrogen-bond donors (Lipinski definition) is 1. The zero-order valence-corrected chi connectivity index (χ0v) is 11.6. The molecule has 104 valence electrons. The lowest BCUT2D eigenvalue weighted by molar-refractivity contribution is 0.0919. The van der Waals surface area contributed by atoms with E-state index < -0.39 is 5.82 Å². The quantitative estimate of drug-likeness (QED) is 0.884. The summed E-state index contributed by atoms with van der Waals surface area (Å²) in [7, 11) is 0. The van der Waals surface area contributed by atoms with Crippen LogP contribution in [-0.2, 0) is 13.0 Å². The van der Waals surface area contributed by atoms with Gasteiger partial charge in [-0.05, 0) is 41.6 Å². The van der Waals surface area contributed by atoms with Crippen LogP contribution in [0.1, 0.15) is 20.8 Å². The van der Waals surface area contributed by atoms with E-state index in [4.69, 9.17) is 0 Å². The van der Waals surface area contributed by atoms with E-state index in [0.717, 1.165) is 31.6 Å². The number of aromatic hydroxyl groups is 1. The largest absolute Gasteiger partial charge is 0.507 e. The van der Waals surface area contributed by atoms with Crippen molar-refractivity contribution in [1.29, 1.82) is 0 Å². The first-order valence-electron chi connectivity index (χ1n) is 6.43. The van der Waals surface area contributed by atoms with Crippen LogP contribution in [0.15, 0.2) is 29.6 Å². The number of phenolic OH excluding ortho intramolecular Hbond substituents is 1. The highest BCUT2D eigenvalue weighted by Crippen LogP contribution is 2.25. The average molecular weight is 291 g/mol. The molecule has 0 amide bonds. The average Bonchev–Trinajstić information content (AvgIpc) is 2.89. The smallest absolute Gasteiger partial charge is 0.180 e. The zero-order chi connectivity index (χ0) is 14.1. The standard InChI is InChI=1S/C15H14FNO2S/c16-11-1-2-13(18)12(7-11)14(19)9-17-5-3-15-10(8-17)4-6-20-15/h1-2,4,6-7,18H,3,5,8-9H2. The molecule has 0 spiro atoms. The summed E-state index contributed by atoms with van der Waals surface area (Å²) in [5, 5.41) is 11.7. The summed E-state index contributed by atoms with van der Waals surface area (Å²) < 4.78 is 13.2. The van der Waals surface area contributed by atoms with Crippen LogP contribution in [0.3, 0.4) is 0 Å². The summed E-state index contributed by atoms with van der Waals surface area (Å²) in [6.45, 7) is 1.75. The minimum atomic E-state index is -0.509. The number of fused-ring (bicyclic) bond motifs is 1. The van der Waals surface area contributed by atoms with E-state index in [1.807, 2.05) is 4.90 Å². The maximum absolute atomic E-state index is 13.2. The van der Waals surface area contributed by atoms with Gasteiger partial charge in [0.05, 0.1) is 12.1 Å². The fraction of sp³-hybridized carbons (Fsp3) is 0.267. The van der Waals surface area contributed by atoms with E-state index in [0.29, 0.717) is 0 Å². The number of rotatable bonds is 3. The van der Waals surface area contributed by atoms with Crippen molar-refractivity contribution in [2.45, 2.75) is 13.0 Å². The maximum Gasteiger partial charge on any atom is 0.180 e. The lowest BCUT2D eigenvalue weighted by Gasteiger charge is -2.26. The molecular formula is C15H14FNO2S. The summed E-state index contributed by atoms with van der Waals surface area (Å²) in [5.74, 6) is -0.921. The highest BCUT2D eigenvalue weighted by Gasteiger charge is 2.21. The second-order valence-electron chi connectivity index (χ2n) is 4.91. The Bertz CT molecular complexity index is 653. The first-order valence-corrected chi connectivity index (χ1v) is 7.31. The maximum atomic E-state index is 13.2. The number of Topliss-reactive ketones (excluding diaryl/α,β-unsaturated/α-hetero) is 1. The van der Waals surface area contributed by atoms with Crippen molar-refractivity contribution in [3.8, 4) is 5.75 Å². The van der Waals surface area contributed by atoms with Crippen molar-refractivity contribution in [3.05, 3.63) is 51.5 Å². The molecule has 0 unspecified atom stereocenters. The lowest BCUT2D eigenvalue weighted by Crippen LogP contribution is -2.34. The number of nitrogens with zero attached hydrogens (tertiary/aromatic N) is 1. The van der Waals surface area contributed by atoms with Crippen LogP contribution in [0.25, 0.3) is 0 Å². The minimum Gasteiger partial charge on any atom is -0.507 e. The SMILES string of the molecule is O=C(CN1CCc2sccc2C1)c1cc(F)ccc1O. The van der Waals surface area contributed by atoms with Crippen LogP contribution in [0.4, 0.5) is 4.39 Å². The molecule has 2 heterocycles. The molecule has 0 fully saturated rings. The van der Waals surface area contributed by atoms with Gasteiger partial charge in [0.1, 0.15) is 11.6 Å². The van der Waals surface area contributed by atoms with Gasteiger partial charge in [0.25, 0.3) is 0 Å². The van der Waals surface area contributed by atoms with Crippen molar-refractivity contribution in [3.63, 3.8) is 0 Å². The third kappa shape index (κ3) is 2.59. The second kappa shape index (κ2) is 5.34. The van der Waals surface area contributed by atoms with E-state index in [9.17, 15) is 14.3 Å². The van der Waals surface area contributed by atoms with E-state index in [1.165, 1.54) is 16.5 Å². The first-order chi connectivity index (χ1) is 9.63. The highest BCUT2D eigenvalue weighted by atomic mass is 32.1. The number of benzene rings is 1. The third-order valence-electron chi connectivity index (χ3n) is 3.51.